The van der Waals surface area contributed by atoms with Crippen molar-refractivity contribution in [2.24, 2.45) is 0 Å². The van der Waals surface area contributed by atoms with Crippen LogP contribution in [0.15, 0.2) is 36.4 Å². The van der Waals surface area contributed by atoms with Gasteiger partial charge in [-0.1, -0.05) is 18.2 Å². The molecule has 0 spiro atoms. The lowest BCUT2D eigenvalue weighted by Gasteiger charge is -2.19. The van der Waals surface area contributed by atoms with Crippen molar-refractivity contribution in [1.82, 2.24) is 0 Å². The fraction of sp³-hybridized carbons (Fsp3) is 0.250. The molecule has 0 unspecified atom stereocenters. The zero-order valence-electron chi connectivity index (χ0n) is 15.6. The Labute approximate surface area is 173 Å². The van der Waals surface area contributed by atoms with Gasteiger partial charge in [-0.15, -0.1) is 13.2 Å². The lowest BCUT2D eigenvalue weighted by Crippen LogP contribution is -2.19. The van der Waals surface area contributed by atoms with E-state index in [1.807, 2.05) is 0 Å². The van der Waals surface area contributed by atoms with Crippen LogP contribution in [-0.4, -0.2) is 35.7 Å². The number of benzene rings is 2. The average molecular weight is 492 g/mol. The van der Waals surface area contributed by atoms with Crippen molar-refractivity contribution in [2.45, 2.75) is 12.5 Å². The Morgan fingerprint density at radius 3 is 1.90 bits per heavy atom. The summed E-state index contributed by atoms with van der Waals surface area (Å²) in [6.07, 6.45) is -8.91. The molecule has 2 aromatic carbocycles. The highest BCUT2D eigenvalue weighted by Crippen LogP contribution is 2.42. The number of rotatable bonds is 6. The number of ether oxygens (including phenoxy) is 1. The smallest absolute Gasteiger partial charge is 0.404 e. The molecule has 172 valence electrons. The van der Waals surface area contributed by atoms with Crippen LogP contribution in [0.4, 0.5) is 37.7 Å². The molecule has 31 heavy (non-hydrogen) atoms. The van der Waals surface area contributed by atoms with Crippen molar-refractivity contribution < 1.29 is 47.9 Å². The number of nitrogens with one attached hydrogen (secondary N) is 2. The van der Waals surface area contributed by atoms with E-state index in [2.05, 4.69) is 4.74 Å². The molecule has 15 heteroatoms. The van der Waals surface area contributed by atoms with Crippen LogP contribution >= 0.6 is 0 Å². The van der Waals surface area contributed by atoms with Crippen molar-refractivity contribution in [3.63, 3.8) is 0 Å². The van der Waals surface area contributed by atoms with Gasteiger partial charge in [-0.05, 0) is 23.8 Å². The Hall–Kier alpha value is -2.68. The Morgan fingerprint density at radius 2 is 1.42 bits per heavy atom. The van der Waals surface area contributed by atoms with Gasteiger partial charge in [0.2, 0.25) is 20.0 Å². The first-order valence-corrected chi connectivity index (χ1v) is 11.7. The molecular weight excluding hydrogens is 478 g/mol. The molecule has 0 saturated carbocycles. The van der Waals surface area contributed by atoms with E-state index in [1.165, 1.54) is 0 Å². The fourth-order valence-electron chi connectivity index (χ4n) is 2.52. The number of hydrogen-bond acceptors (Lipinski definition) is 5. The predicted molar refractivity (Wildman–Crippen MR) is 100 cm³/mol. The zero-order chi connectivity index (χ0) is 23.8. The van der Waals surface area contributed by atoms with Crippen LogP contribution in [0.2, 0.25) is 0 Å². The van der Waals surface area contributed by atoms with Crippen LogP contribution in [-0.2, 0) is 26.2 Å². The molecule has 0 aromatic heterocycles. The molecule has 0 aliphatic heterocycles. The number of halogens is 6. The molecule has 2 N–H and O–H groups in total. The summed E-state index contributed by atoms with van der Waals surface area (Å²) in [6.45, 7) is 0. The van der Waals surface area contributed by atoms with Gasteiger partial charge in [0.05, 0.1) is 29.4 Å². The largest absolute Gasteiger partial charge is 0.573 e. The molecule has 0 saturated heterocycles. The highest BCUT2D eigenvalue weighted by molar-refractivity contribution is 7.92. The van der Waals surface area contributed by atoms with Crippen LogP contribution in [0.1, 0.15) is 5.56 Å². The molecule has 0 heterocycles. The molecule has 0 bridgehead atoms. The van der Waals surface area contributed by atoms with Gasteiger partial charge in [0.1, 0.15) is 0 Å². The van der Waals surface area contributed by atoms with Gasteiger partial charge in [-0.2, -0.15) is 13.2 Å². The van der Waals surface area contributed by atoms with Gasteiger partial charge in [0.25, 0.3) is 0 Å². The summed E-state index contributed by atoms with van der Waals surface area (Å²) in [5, 5.41) is 0. The van der Waals surface area contributed by atoms with Crippen LogP contribution in [0.25, 0.3) is 11.1 Å². The van der Waals surface area contributed by atoms with E-state index >= 15 is 0 Å². The van der Waals surface area contributed by atoms with Gasteiger partial charge in [-0.25, -0.2) is 16.8 Å². The van der Waals surface area contributed by atoms with Crippen LogP contribution in [0.5, 0.6) is 5.75 Å². The van der Waals surface area contributed by atoms with Crippen LogP contribution in [0.3, 0.4) is 0 Å². The lowest BCUT2D eigenvalue weighted by molar-refractivity contribution is -0.274. The van der Waals surface area contributed by atoms with Gasteiger partial charge in [-0.3, -0.25) is 9.44 Å². The summed E-state index contributed by atoms with van der Waals surface area (Å²) >= 11 is 0. The zero-order valence-corrected chi connectivity index (χ0v) is 17.2. The first kappa shape index (κ1) is 24.6. The Morgan fingerprint density at radius 1 is 0.839 bits per heavy atom. The minimum absolute atomic E-state index is 0.224. The van der Waals surface area contributed by atoms with Crippen molar-refractivity contribution in [1.29, 1.82) is 0 Å². The quantitative estimate of drug-likeness (QED) is 0.594. The number of anilines is 2. The third-order valence-corrected chi connectivity index (χ3v) is 4.63. The third kappa shape index (κ3) is 7.20. The molecule has 0 amide bonds. The van der Waals surface area contributed by atoms with E-state index in [1.54, 1.807) is 9.44 Å². The van der Waals surface area contributed by atoms with E-state index in [-0.39, 0.29) is 11.1 Å². The van der Waals surface area contributed by atoms with Gasteiger partial charge in [0.15, 0.2) is 5.75 Å². The second-order valence-corrected chi connectivity index (χ2v) is 9.73. The molecule has 0 atom stereocenters. The predicted octanol–water partition coefficient (Wildman–Crippen LogP) is 4.01. The topological polar surface area (TPSA) is 102 Å². The van der Waals surface area contributed by atoms with E-state index in [4.69, 9.17) is 0 Å². The molecule has 7 nitrogen and oxygen atoms in total. The Kier molecular flexibility index (Phi) is 6.43. The molecular formula is C16H14F6N2O5S2. The number of hydrogen-bond donors (Lipinski definition) is 2. The maximum Gasteiger partial charge on any atom is 0.573 e. The van der Waals surface area contributed by atoms with Gasteiger partial charge < -0.3 is 4.74 Å². The second kappa shape index (κ2) is 8.11. The summed E-state index contributed by atoms with van der Waals surface area (Å²) in [4.78, 5) is 0. The first-order chi connectivity index (χ1) is 13.9. The van der Waals surface area contributed by atoms with E-state index < -0.39 is 55.3 Å². The monoisotopic (exact) mass is 492 g/mol. The highest BCUT2D eigenvalue weighted by Gasteiger charge is 2.36. The normalized spacial score (nSPS) is 13.0. The maximum absolute atomic E-state index is 13.4. The van der Waals surface area contributed by atoms with Crippen molar-refractivity contribution >= 4 is 31.4 Å². The number of sulfonamides is 2. The minimum atomic E-state index is -5.19. The molecule has 0 aliphatic rings. The maximum atomic E-state index is 13.4. The average Bonchev–Trinajstić information content (AvgIpc) is 2.51. The van der Waals surface area contributed by atoms with Crippen LogP contribution < -0.4 is 14.2 Å². The summed E-state index contributed by atoms with van der Waals surface area (Å²) in [6, 6.07) is 5.01. The highest BCUT2D eigenvalue weighted by atomic mass is 32.2. The number of alkyl halides is 6. The summed E-state index contributed by atoms with van der Waals surface area (Å²) in [5.41, 5.74) is -3.55. The fourth-order valence-corrected chi connectivity index (χ4v) is 3.66. The van der Waals surface area contributed by atoms with Gasteiger partial charge >= 0.3 is 12.5 Å². The van der Waals surface area contributed by atoms with Crippen molar-refractivity contribution in [2.75, 3.05) is 22.0 Å². The SMILES string of the molecule is CS(=O)(=O)Nc1cc(-c2cccc(C(F)(F)F)c2NS(C)(=O)=O)ccc1OC(F)(F)F. The van der Waals surface area contributed by atoms with E-state index in [0.29, 0.717) is 24.6 Å². The third-order valence-electron chi connectivity index (χ3n) is 3.47. The van der Waals surface area contributed by atoms with E-state index in [9.17, 15) is 43.2 Å². The minimum Gasteiger partial charge on any atom is -0.404 e. The first-order valence-electron chi connectivity index (χ1n) is 7.92. The number of para-hydroxylation sites is 1. The lowest BCUT2D eigenvalue weighted by atomic mass is 9.99. The second-order valence-electron chi connectivity index (χ2n) is 6.23. The summed E-state index contributed by atoms with van der Waals surface area (Å²) in [7, 11) is -8.31. The van der Waals surface area contributed by atoms with E-state index in [0.717, 1.165) is 24.3 Å². The van der Waals surface area contributed by atoms with Crippen LogP contribution in [0, 0.1) is 0 Å². The van der Waals surface area contributed by atoms with Crippen molar-refractivity contribution in [3.05, 3.63) is 42.0 Å². The Balaban J connectivity index is 2.76. The molecule has 0 radical (unpaired) electrons. The van der Waals surface area contributed by atoms with Gasteiger partial charge in [0, 0.05) is 5.56 Å². The Bertz CT molecular complexity index is 1190. The standard InChI is InChI=1S/C16H14F6N2O5S2/c1-30(25,26)23-12-8-9(6-7-13(12)29-16(20,21)22)10-4-3-5-11(15(17,18)19)14(10)24-31(2,27)28/h3-8,23-24H,1-2H3. The molecule has 0 aliphatic carbocycles. The van der Waals surface area contributed by atoms with Crippen molar-refractivity contribution in [3.8, 4) is 16.9 Å². The molecule has 0 fully saturated rings. The molecule has 2 rings (SSSR count). The molecule has 2 aromatic rings. The summed E-state index contributed by atoms with van der Waals surface area (Å²) in [5.74, 6) is -0.966. The summed E-state index contributed by atoms with van der Waals surface area (Å²) < 4.78 is 132.